The van der Waals surface area contributed by atoms with E-state index in [0.29, 0.717) is 23.1 Å². The van der Waals surface area contributed by atoms with Gasteiger partial charge in [0.05, 0.1) is 5.69 Å². The third kappa shape index (κ3) is 2.98. The molecule has 0 aliphatic carbocycles. The second-order valence-electron chi connectivity index (χ2n) is 8.00. The van der Waals surface area contributed by atoms with Crippen LogP contribution in [-0.2, 0) is 6.54 Å². The lowest BCUT2D eigenvalue weighted by Crippen LogP contribution is -2.44. The molecular formula is C21H24N4O2. The van der Waals surface area contributed by atoms with Gasteiger partial charge >= 0.3 is 0 Å². The zero-order valence-electron chi connectivity index (χ0n) is 15.4. The summed E-state index contributed by atoms with van der Waals surface area (Å²) in [6.07, 6.45) is 4.95. The largest absolute Gasteiger partial charge is 0.339 e. The van der Waals surface area contributed by atoms with Crippen molar-refractivity contribution in [1.29, 1.82) is 0 Å². The molecule has 6 nitrogen and oxygen atoms in total. The number of carbonyl (C=O) groups is 1. The molecule has 0 saturated carbocycles. The molecule has 3 aliphatic heterocycles. The second kappa shape index (κ2) is 6.60. The van der Waals surface area contributed by atoms with Gasteiger partial charge in [-0.05, 0) is 49.9 Å². The van der Waals surface area contributed by atoms with E-state index < -0.39 is 0 Å². The van der Waals surface area contributed by atoms with Crippen LogP contribution < -0.4 is 10.9 Å². The molecule has 1 amide bonds. The molecule has 1 N–H and O–H groups in total. The van der Waals surface area contributed by atoms with Crippen molar-refractivity contribution in [3.63, 3.8) is 0 Å². The second-order valence-corrected chi connectivity index (χ2v) is 8.00. The monoisotopic (exact) mass is 364 g/mol. The number of hydrogen-bond donors (Lipinski definition) is 1. The summed E-state index contributed by atoms with van der Waals surface area (Å²) < 4.78 is 1.93. The fourth-order valence-corrected chi connectivity index (χ4v) is 4.78. The highest BCUT2D eigenvalue weighted by Crippen LogP contribution is 2.33. The van der Waals surface area contributed by atoms with E-state index in [1.54, 1.807) is 18.3 Å². The van der Waals surface area contributed by atoms with E-state index >= 15 is 0 Å². The lowest BCUT2D eigenvalue weighted by atomic mass is 9.83. The molecule has 0 unspecified atom stereocenters. The quantitative estimate of drug-likeness (QED) is 0.883. The van der Waals surface area contributed by atoms with Crippen molar-refractivity contribution in [3.8, 4) is 11.3 Å². The Morgan fingerprint density at radius 3 is 2.85 bits per heavy atom. The van der Waals surface area contributed by atoms with Crippen molar-refractivity contribution in [2.45, 2.75) is 31.7 Å². The first kappa shape index (κ1) is 16.7. The van der Waals surface area contributed by atoms with Crippen molar-refractivity contribution in [1.82, 2.24) is 19.8 Å². The average molecular weight is 364 g/mol. The molecule has 2 aromatic heterocycles. The summed E-state index contributed by atoms with van der Waals surface area (Å²) in [5.74, 6) is 0.976. The Bertz CT molecular complexity index is 945. The van der Waals surface area contributed by atoms with E-state index in [-0.39, 0.29) is 11.5 Å². The summed E-state index contributed by atoms with van der Waals surface area (Å²) in [6.45, 7) is 4.35. The maximum absolute atomic E-state index is 12.8. The number of nitrogens with zero attached hydrogens (tertiary/aromatic N) is 3. The number of likely N-dealkylation sites (tertiary alicyclic amines) is 1. The topological polar surface area (TPSA) is 67.2 Å². The van der Waals surface area contributed by atoms with Crippen LogP contribution in [0, 0.1) is 5.92 Å². The molecule has 2 bridgehead atoms. The molecule has 27 heavy (non-hydrogen) atoms. The molecule has 0 aromatic carbocycles. The molecule has 5 rings (SSSR count). The number of nitrogens with one attached hydrogen (secondary N) is 1. The van der Waals surface area contributed by atoms with Gasteiger partial charge in [0.1, 0.15) is 0 Å². The van der Waals surface area contributed by atoms with E-state index in [4.69, 9.17) is 0 Å². The van der Waals surface area contributed by atoms with Crippen molar-refractivity contribution >= 4 is 5.91 Å². The van der Waals surface area contributed by atoms with Crippen LogP contribution in [0.2, 0.25) is 0 Å². The molecule has 0 radical (unpaired) electrons. The molecule has 2 atom stereocenters. The van der Waals surface area contributed by atoms with Crippen LogP contribution in [0.5, 0.6) is 0 Å². The molecule has 2 saturated heterocycles. The zero-order chi connectivity index (χ0) is 18.4. The summed E-state index contributed by atoms with van der Waals surface area (Å²) in [6, 6.07) is 7.37. The van der Waals surface area contributed by atoms with Gasteiger partial charge in [0, 0.05) is 61.2 Å². The average Bonchev–Trinajstić information content (AvgIpc) is 3.23. The Hall–Kier alpha value is -2.47. The van der Waals surface area contributed by atoms with Crippen LogP contribution in [0.1, 0.15) is 41.2 Å². The van der Waals surface area contributed by atoms with Gasteiger partial charge in [-0.1, -0.05) is 0 Å². The third-order valence-corrected chi connectivity index (χ3v) is 6.16. The first-order chi connectivity index (χ1) is 13.2. The van der Waals surface area contributed by atoms with Gasteiger partial charge in [-0.3, -0.25) is 14.6 Å². The maximum atomic E-state index is 12.8. The summed E-state index contributed by atoms with van der Waals surface area (Å²) in [7, 11) is 0. The van der Waals surface area contributed by atoms with Gasteiger partial charge < -0.3 is 14.8 Å². The molecular weight excluding hydrogens is 340 g/mol. The van der Waals surface area contributed by atoms with Crippen LogP contribution in [0.25, 0.3) is 11.3 Å². The molecule has 3 aliphatic rings. The molecule has 140 valence electrons. The number of aromatic nitrogens is 2. The van der Waals surface area contributed by atoms with Crippen molar-refractivity contribution in [3.05, 3.63) is 52.1 Å². The summed E-state index contributed by atoms with van der Waals surface area (Å²) in [4.78, 5) is 31.8. The first-order valence-corrected chi connectivity index (χ1v) is 9.90. The van der Waals surface area contributed by atoms with Gasteiger partial charge in [0.15, 0.2) is 0 Å². The smallest absolute Gasteiger partial charge is 0.253 e. The summed E-state index contributed by atoms with van der Waals surface area (Å²) in [5.41, 5.74) is 3.30. The minimum atomic E-state index is 0.0390. The van der Waals surface area contributed by atoms with Crippen LogP contribution in [0.15, 0.2) is 35.3 Å². The van der Waals surface area contributed by atoms with Gasteiger partial charge in [-0.2, -0.15) is 0 Å². The number of amides is 1. The Balaban J connectivity index is 1.52. The van der Waals surface area contributed by atoms with Crippen LogP contribution in [0.3, 0.4) is 0 Å². The van der Waals surface area contributed by atoms with Gasteiger partial charge in [0.25, 0.3) is 11.5 Å². The SMILES string of the molecule is O=C(c1ccnc(-c2cc3n(c(=O)c2)C[C@@H]2CNC[C@H]3C2)c1)N1CCCC1. The lowest BCUT2D eigenvalue weighted by molar-refractivity contribution is 0.0792. The molecule has 5 heterocycles. The molecule has 2 fully saturated rings. The van der Waals surface area contributed by atoms with Crippen LogP contribution in [0.4, 0.5) is 0 Å². The normalized spacial score (nSPS) is 23.9. The number of carbonyl (C=O) groups excluding carboxylic acids is 1. The third-order valence-electron chi connectivity index (χ3n) is 6.16. The van der Waals surface area contributed by atoms with Crippen LogP contribution in [-0.4, -0.2) is 46.5 Å². The molecule has 6 heteroatoms. The van der Waals surface area contributed by atoms with Gasteiger partial charge in [0.2, 0.25) is 0 Å². The Labute approximate surface area is 158 Å². The number of piperidine rings is 1. The Morgan fingerprint density at radius 2 is 2.00 bits per heavy atom. The summed E-state index contributed by atoms with van der Waals surface area (Å²) >= 11 is 0. The zero-order valence-corrected chi connectivity index (χ0v) is 15.4. The maximum Gasteiger partial charge on any atom is 0.253 e. The van der Waals surface area contributed by atoms with Gasteiger partial charge in [-0.15, -0.1) is 0 Å². The molecule has 0 spiro atoms. The lowest BCUT2D eigenvalue weighted by Gasteiger charge is -2.37. The number of fused-ring (bicyclic) bond motifs is 4. The Kier molecular flexibility index (Phi) is 4.08. The number of hydrogen-bond acceptors (Lipinski definition) is 4. The minimum absolute atomic E-state index is 0.0390. The summed E-state index contributed by atoms with van der Waals surface area (Å²) in [5, 5.41) is 3.48. The van der Waals surface area contributed by atoms with Crippen molar-refractivity contribution < 1.29 is 4.79 Å². The highest BCUT2D eigenvalue weighted by Gasteiger charge is 2.31. The van der Waals surface area contributed by atoms with Crippen LogP contribution >= 0.6 is 0 Å². The van der Waals surface area contributed by atoms with Crippen molar-refractivity contribution in [2.24, 2.45) is 5.92 Å². The standard InChI is InChI=1S/C21H24N4O2/c26-20-10-16(9-19-17-7-14(11-22-12-17)13-25(19)20)18-8-15(3-4-23-18)21(27)24-5-1-2-6-24/h3-4,8-10,14,17,22H,1-2,5-7,11-13H2/t14-,17+/m0/s1. The van der Waals surface area contributed by atoms with Crippen molar-refractivity contribution in [2.75, 3.05) is 26.2 Å². The van der Waals surface area contributed by atoms with E-state index in [9.17, 15) is 9.59 Å². The molecule has 2 aromatic rings. The first-order valence-electron chi connectivity index (χ1n) is 9.90. The highest BCUT2D eigenvalue weighted by atomic mass is 16.2. The highest BCUT2D eigenvalue weighted by molar-refractivity contribution is 5.95. The van der Waals surface area contributed by atoms with E-state index in [1.165, 1.54) is 0 Å². The number of rotatable bonds is 2. The predicted molar refractivity (Wildman–Crippen MR) is 103 cm³/mol. The fourth-order valence-electron chi connectivity index (χ4n) is 4.78. The number of pyridine rings is 2. The van der Waals surface area contributed by atoms with E-state index in [1.807, 2.05) is 15.5 Å². The fraction of sp³-hybridized carbons (Fsp3) is 0.476. The Morgan fingerprint density at radius 1 is 1.15 bits per heavy atom. The van der Waals surface area contributed by atoms with E-state index in [0.717, 1.165) is 63.2 Å². The van der Waals surface area contributed by atoms with Gasteiger partial charge in [-0.25, -0.2) is 0 Å². The predicted octanol–water partition coefficient (Wildman–Crippen LogP) is 1.85. The minimum Gasteiger partial charge on any atom is -0.339 e. The van der Waals surface area contributed by atoms with E-state index in [2.05, 4.69) is 16.4 Å².